The molecule has 3 heteroatoms. The number of nitrogens with two attached hydrogens (primary N) is 1. The average molecular weight is 271 g/mol. The molecule has 2 nitrogen and oxygen atoms in total. The van der Waals surface area contributed by atoms with Crippen molar-refractivity contribution in [2.45, 2.75) is 26.2 Å². The summed E-state index contributed by atoms with van der Waals surface area (Å²) in [6, 6.07) is 11.6. The van der Waals surface area contributed by atoms with Gasteiger partial charge in [0, 0.05) is 11.1 Å². The van der Waals surface area contributed by atoms with Crippen molar-refractivity contribution in [3.05, 3.63) is 65.0 Å². The second-order valence-corrected chi connectivity index (χ2v) is 5.00. The zero-order valence-corrected chi connectivity index (χ0v) is 11.7. The van der Waals surface area contributed by atoms with Crippen LogP contribution < -0.4 is 5.73 Å². The lowest BCUT2D eigenvalue weighted by molar-refractivity contribution is 0.103. The van der Waals surface area contributed by atoms with Gasteiger partial charge in [-0.15, -0.1) is 0 Å². The molecule has 0 spiro atoms. The van der Waals surface area contributed by atoms with Crippen LogP contribution in [0, 0.1) is 5.82 Å². The number of benzene rings is 2. The summed E-state index contributed by atoms with van der Waals surface area (Å²) in [5, 5.41) is 0. The monoisotopic (exact) mass is 271 g/mol. The second-order valence-electron chi connectivity index (χ2n) is 5.00. The molecule has 0 saturated carbocycles. The zero-order chi connectivity index (χ0) is 14.7. The molecule has 2 rings (SSSR count). The lowest BCUT2D eigenvalue weighted by atomic mass is 9.95. The van der Waals surface area contributed by atoms with Crippen molar-refractivity contribution >= 4 is 11.5 Å². The van der Waals surface area contributed by atoms with Gasteiger partial charge in [-0.05, 0) is 36.1 Å². The molecule has 0 aromatic heterocycles. The number of carbonyl (C=O) groups is 1. The molecule has 0 aliphatic rings. The SMILES string of the molecule is CCC(C)c1ccc(C(=O)c2ccc(N)c(F)c2)cc1. The number of hydrogen-bond donors (Lipinski definition) is 1. The Morgan fingerprint density at radius 1 is 1.15 bits per heavy atom. The first-order valence-electron chi connectivity index (χ1n) is 6.72. The van der Waals surface area contributed by atoms with Gasteiger partial charge in [0.1, 0.15) is 5.82 Å². The van der Waals surface area contributed by atoms with Crippen molar-refractivity contribution in [3.63, 3.8) is 0 Å². The van der Waals surface area contributed by atoms with Crippen molar-refractivity contribution < 1.29 is 9.18 Å². The van der Waals surface area contributed by atoms with Gasteiger partial charge in [0.2, 0.25) is 0 Å². The first-order chi connectivity index (χ1) is 9.52. The van der Waals surface area contributed by atoms with Crippen LogP contribution in [-0.4, -0.2) is 5.78 Å². The van der Waals surface area contributed by atoms with Gasteiger partial charge in [0.05, 0.1) is 5.69 Å². The van der Waals surface area contributed by atoms with Gasteiger partial charge in [-0.25, -0.2) is 4.39 Å². The molecule has 0 aliphatic carbocycles. The van der Waals surface area contributed by atoms with E-state index in [4.69, 9.17) is 5.73 Å². The van der Waals surface area contributed by atoms with Crippen molar-refractivity contribution in [1.29, 1.82) is 0 Å². The van der Waals surface area contributed by atoms with E-state index in [9.17, 15) is 9.18 Å². The van der Waals surface area contributed by atoms with Gasteiger partial charge < -0.3 is 5.73 Å². The molecular weight excluding hydrogens is 253 g/mol. The minimum absolute atomic E-state index is 0.0497. The number of rotatable bonds is 4. The third-order valence-corrected chi connectivity index (χ3v) is 3.62. The predicted octanol–water partition coefficient (Wildman–Crippen LogP) is 4.15. The van der Waals surface area contributed by atoms with E-state index in [0.29, 0.717) is 17.0 Å². The van der Waals surface area contributed by atoms with Crippen LogP contribution in [0.5, 0.6) is 0 Å². The standard InChI is InChI=1S/C17H18FNO/c1-3-11(2)12-4-6-13(7-5-12)17(20)14-8-9-16(19)15(18)10-14/h4-11H,3,19H2,1-2H3. The number of anilines is 1. The summed E-state index contributed by atoms with van der Waals surface area (Å²) >= 11 is 0. The maximum Gasteiger partial charge on any atom is 0.193 e. The number of carbonyl (C=O) groups excluding carboxylic acids is 1. The number of nitrogen functional groups attached to an aromatic ring is 1. The third-order valence-electron chi connectivity index (χ3n) is 3.62. The first kappa shape index (κ1) is 14.3. The van der Waals surface area contributed by atoms with E-state index < -0.39 is 5.82 Å². The van der Waals surface area contributed by atoms with Gasteiger partial charge in [-0.1, -0.05) is 38.1 Å². The molecule has 2 aromatic carbocycles. The Hall–Kier alpha value is -2.16. The molecule has 0 amide bonds. The summed E-state index contributed by atoms with van der Waals surface area (Å²) in [4.78, 5) is 12.3. The molecular formula is C17H18FNO. The summed E-state index contributed by atoms with van der Waals surface area (Å²) in [6.45, 7) is 4.27. The number of ketones is 1. The van der Waals surface area contributed by atoms with Crippen LogP contribution in [0.4, 0.5) is 10.1 Å². The fraction of sp³-hybridized carbons (Fsp3) is 0.235. The Kier molecular flexibility index (Phi) is 4.18. The van der Waals surface area contributed by atoms with Crippen LogP contribution in [0.2, 0.25) is 0 Å². The highest BCUT2D eigenvalue weighted by molar-refractivity contribution is 6.09. The summed E-state index contributed by atoms with van der Waals surface area (Å²) in [5.41, 5.74) is 7.53. The van der Waals surface area contributed by atoms with E-state index >= 15 is 0 Å². The summed E-state index contributed by atoms with van der Waals surface area (Å²) < 4.78 is 13.4. The predicted molar refractivity (Wildman–Crippen MR) is 79.4 cm³/mol. The Morgan fingerprint density at radius 2 is 1.75 bits per heavy atom. The molecule has 1 atom stereocenters. The molecule has 0 saturated heterocycles. The van der Waals surface area contributed by atoms with Crippen LogP contribution >= 0.6 is 0 Å². The molecule has 2 N–H and O–H groups in total. The Balaban J connectivity index is 2.27. The molecule has 0 fully saturated rings. The largest absolute Gasteiger partial charge is 0.396 e. The zero-order valence-electron chi connectivity index (χ0n) is 11.7. The van der Waals surface area contributed by atoms with Gasteiger partial charge in [-0.2, -0.15) is 0 Å². The Morgan fingerprint density at radius 3 is 2.30 bits per heavy atom. The minimum atomic E-state index is -0.563. The molecule has 2 aromatic rings. The van der Waals surface area contributed by atoms with E-state index in [1.54, 1.807) is 18.2 Å². The topological polar surface area (TPSA) is 43.1 Å². The van der Waals surface area contributed by atoms with E-state index in [2.05, 4.69) is 13.8 Å². The summed E-state index contributed by atoms with van der Waals surface area (Å²) in [5.74, 6) is -0.292. The maximum atomic E-state index is 13.4. The maximum absolute atomic E-state index is 13.4. The Labute approximate surface area is 118 Å². The molecule has 0 radical (unpaired) electrons. The average Bonchev–Trinajstić information content (AvgIpc) is 2.48. The highest BCUT2D eigenvalue weighted by Gasteiger charge is 2.12. The fourth-order valence-electron chi connectivity index (χ4n) is 2.03. The Bertz CT molecular complexity index is 619. The lowest BCUT2D eigenvalue weighted by Crippen LogP contribution is -2.03. The van der Waals surface area contributed by atoms with Crippen LogP contribution in [0.25, 0.3) is 0 Å². The molecule has 0 aliphatic heterocycles. The van der Waals surface area contributed by atoms with Crippen LogP contribution in [-0.2, 0) is 0 Å². The molecule has 1 unspecified atom stereocenters. The van der Waals surface area contributed by atoms with Gasteiger partial charge in [0.25, 0.3) is 0 Å². The lowest BCUT2D eigenvalue weighted by Gasteiger charge is -2.09. The fourth-order valence-corrected chi connectivity index (χ4v) is 2.03. The highest BCUT2D eigenvalue weighted by Crippen LogP contribution is 2.21. The van der Waals surface area contributed by atoms with E-state index in [1.165, 1.54) is 17.7 Å². The smallest absolute Gasteiger partial charge is 0.193 e. The van der Waals surface area contributed by atoms with Crippen LogP contribution in [0.1, 0.15) is 47.7 Å². The third kappa shape index (κ3) is 2.87. The summed E-state index contributed by atoms with van der Waals surface area (Å²) in [6.07, 6.45) is 1.05. The normalized spacial score (nSPS) is 12.2. The van der Waals surface area contributed by atoms with E-state index in [1.807, 2.05) is 12.1 Å². The number of hydrogen-bond acceptors (Lipinski definition) is 2. The van der Waals surface area contributed by atoms with Crippen LogP contribution in [0.3, 0.4) is 0 Å². The van der Waals surface area contributed by atoms with Crippen LogP contribution in [0.15, 0.2) is 42.5 Å². The first-order valence-corrected chi connectivity index (χ1v) is 6.72. The van der Waals surface area contributed by atoms with E-state index in [0.717, 1.165) is 6.42 Å². The van der Waals surface area contributed by atoms with Crippen molar-refractivity contribution in [1.82, 2.24) is 0 Å². The quantitative estimate of drug-likeness (QED) is 0.670. The van der Waals surface area contributed by atoms with Gasteiger partial charge in [-0.3, -0.25) is 4.79 Å². The molecule has 0 bridgehead atoms. The number of halogens is 1. The van der Waals surface area contributed by atoms with Gasteiger partial charge >= 0.3 is 0 Å². The van der Waals surface area contributed by atoms with Crippen molar-refractivity contribution in [2.75, 3.05) is 5.73 Å². The molecule has 20 heavy (non-hydrogen) atoms. The minimum Gasteiger partial charge on any atom is -0.396 e. The second kappa shape index (κ2) is 5.87. The molecule has 0 heterocycles. The summed E-state index contributed by atoms with van der Waals surface area (Å²) in [7, 11) is 0. The molecule has 104 valence electrons. The highest BCUT2D eigenvalue weighted by atomic mass is 19.1. The van der Waals surface area contributed by atoms with Crippen molar-refractivity contribution in [3.8, 4) is 0 Å². The van der Waals surface area contributed by atoms with Crippen molar-refractivity contribution in [2.24, 2.45) is 0 Å². The van der Waals surface area contributed by atoms with Gasteiger partial charge in [0.15, 0.2) is 5.78 Å². The van der Waals surface area contributed by atoms with E-state index in [-0.39, 0.29) is 11.5 Å².